The standard InChI is InChI=1S/C30H29N5O/c1-3-17-35(21-23-9-5-4-6-10-23)29-19-26(33-30(36)32-25-15-13-22(2)14-16-25)18-28(34-29)27-12-8-7-11-24(27)20-31/h4-16,18-19H,3,17,21H2,1-2H3,(H2,32,33,34,36). The zero-order chi connectivity index (χ0) is 25.3. The van der Waals surface area contributed by atoms with Gasteiger partial charge in [-0.1, -0.05) is 73.2 Å². The van der Waals surface area contributed by atoms with Gasteiger partial charge in [0.05, 0.1) is 17.3 Å². The van der Waals surface area contributed by atoms with Gasteiger partial charge in [-0.15, -0.1) is 0 Å². The smallest absolute Gasteiger partial charge is 0.323 e. The van der Waals surface area contributed by atoms with Gasteiger partial charge < -0.3 is 15.5 Å². The Hall–Kier alpha value is -4.63. The first-order chi connectivity index (χ1) is 17.6. The summed E-state index contributed by atoms with van der Waals surface area (Å²) in [6.45, 7) is 5.60. The number of carbonyl (C=O) groups excluding carboxylic acids is 1. The molecule has 0 aliphatic carbocycles. The lowest BCUT2D eigenvalue weighted by molar-refractivity contribution is 0.262. The van der Waals surface area contributed by atoms with Crippen LogP contribution >= 0.6 is 0 Å². The maximum atomic E-state index is 12.8. The number of pyridine rings is 1. The summed E-state index contributed by atoms with van der Waals surface area (Å²) in [5.41, 5.74) is 5.48. The first-order valence-electron chi connectivity index (χ1n) is 12.0. The van der Waals surface area contributed by atoms with Crippen LogP contribution in [0.4, 0.5) is 22.0 Å². The molecule has 0 bridgehead atoms. The van der Waals surface area contributed by atoms with Gasteiger partial charge >= 0.3 is 6.03 Å². The predicted molar refractivity (Wildman–Crippen MR) is 146 cm³/mol. The minimum absolute atomic E-state index is 0.347. The summed E-state index contributed by atoms with van der Waals surface area (Å²) in [5.74, 6) is 0.733. The molecule has 0 saturated heterocycles. The van der Waals surface area contributed by atoms with Crippen LogP contribution in [0.25, 0.3) is 11.3 Å². The Bertz CT molecular complexity index is 1360. The normalized spacial score (nSPS) is 10.4. The van der Waals surface area contributed by atoms with Gasteiger partial charge in [0.25, 0.3) is 0 Å². The number of aromatic nitrogens is 1. The molecule has 0 radical (unpaired) electrons. The molecule has 180 valence electrons. The largest absolute Gasteiger partial charge is 0.352 e. The highest BCUT2D eigenvalue weighted by Gasteiger charge is 2.15. The van der Waals surface area contributed by atoms with Crippen LogP contribution in [0, 0.1) is 18.3 Å². The number of hydrogen-bond acceptors (Lipinski definition) is 4. The van der Waals surface area contributed by atoms with Crippen LogP contribution in [-0.4, -0.2) is 17.6 Å². The molecule has 6 heteroatoms. The second kappa shape index (κ2) is 11.7. The summed E-state index contributed by atoms with van der Waals surface area (Å²) in [6.07, 6.45) is 0.935. The average Bonchev–Trinajstić information content (AvgIpc) is 2.90. The van der Waals surface area contributed by atoms with E-state index >= 15 is 0 Å². The molecule has 0 saturated carbocycles. The Labute approximate surface area is 212 Å². The van der Waals surface area contributed by atoms with Crippen molar-refractivity contribution < 1.29 is 4.79 Å². The summed E-state index contributed by atoms with van der Waals surface area (Å²) in [5, 5.41) is 15.5. The van der Waals surface area contributed by atoms with Crippen molar-refractivity contribution in [2.24, 2.45) is 0 Å². The van der Waals surface area contributed by atoms with Crippen LogP contribution in [-0.2, 0) is 6.54 Å². The Balaban J connectivity index is 1.70. The molecule has 4 aromatic rings. The van der Waals surface area contributed by atoms with Crippen LogP contribution in [0.15, 0.2) is 91.0 Å². The van der Waals surface area contributed by atoms with Crippen molar-refractivity contribution in [3.63, 3.8) is 0 Å². The number of aryl methyl sites for hydroxylation is 1. The van der Waals surface area contributed by atoms with Crippen LogP contribution in [0.3, 0.4) is 0 Å². The molecule has 2 amide bonds. The fraction of sp³-hybridized carbons (Fsp3) is 0.167. The lowest BCUT2D eigenvalue weighted by Gasteiger charge is -2.25. The third kappa shape index (κ3) is 6.28. The van der Waals surface area contributed by atoms with E-state index < -0.39 is 0 Å². The first kappa shape index (κ1) is 24.5. The second-order valence-electron chi connectivity index (χ2n) is 8.61. The van der Waals surface area contributed by atoms with E-state index in [0.717, 1.165) is 29.9 Å². The van der Waals surface area contributed by atoms with Crippen molar-refractivity contribution in [3.8, 4) is 17.3 Å². The number of nitrogens with zero attached hydrogens (tertiary/aromatic N) is 3. The lowest BCUT2D eigenvalue weighted by Crippen LogP contribution is -2.25. The topological polar surface area (TPSA) is 81.0 Å². The van der Waals surface area contributed by atoms with Gasteiger partial charge in [0, 0.05) is 36.1 Å². The summed E-state index contributed by atoms with van der Waals surface area (Å²) < 4.78 is 0. The average molecular weight is 476 g/mol. The van der Waals surface area contributed by atoms with Crippen LogP contribution < -0.4 is 15.5 Å². The number of hydrogen-bond donors (Lipinski definition) is 2. The van der Waals surface area contributed by atoms with E-state index in [0.29, 0.717) is 29.2 Å². The molecule has 0 spiro atoms. The van der Waals surface area contributed by atoms with E-state index in [2.05, 4.69) is 40.7 Å². The molecule has 0 atom stereocenters. The molecule has 3 aromatic carbocycles. The van der Waals surface area contributed by atoms with E-state index in [9.17, 15) is 10.1 Å². The van der Waals surface area contributed by atoms with Crippen molar-refractivity contribution in [1.29, 1.82) is 5.26 Å². The number of benzene rings is 3. The number of carbonyl (C=O) groups is 1. The molecule has 36 heavy (non-hydrogen) atoms. The highest BCUT2D eigenvalue weighted by atomic mass is 16.2. The molecule has 4 rings (SSSR count). The summed E-state index contributed by atoms with van der Waals surface area (Å²) in [4.78, 5) is 19.9. The van der Waals surface area contributed by atoms with Gasteiger partial charge in [0.2, 0.25) is 0 Å². The number of urea groups is 1. The Kier molecular flexibility index (Phi) is 7.94. The number of amides is 2. The fourth-order valence-corrected chi connectivity index (χ4v) is 3.97. The third-order valence-electron chi connectivity index (χ3n) is 5.74. The monoisotopic (exact) mass is 475 g/mol. The number of anilines is 3. The van der Waals surface area contributed by atoms with Crippen molar-refractivity contribution >= 4 is 23.2 Å². The van der Waals surface area contributed by atoms with Crippen molar-refractivity contribution in [2.75, 3.05) is 22.1 Å². The van der Waals surface area contributed by atoms with E-state index in [1.807, 2.05) is 73.7 Å². The highest BCUT2D eigenvalue weighted by molar-refractivity contribution is 6.00. The Morgan fingerprint density at radius 3 is 2.33 bits per heavy atom. The van der Waals surface area contributed by atoms with Crippen LogP contribution in [0.1, 0.15) is 30.0 Å². The van der Waals surface area contributed by atoms with Gasteiger partial charge in [0.15, 0.2) is 0 Å². The molecule has 2 N–H and O–H groups in total. The van der Waals surface area contributed by atoms with Crippen molar-refractivity contribution in [2.45, 2.75) is 26.8 Å². The minimum atomic E-state index is -0.347. The highest BCUT2D eigenvalue weighted by Crippen LogP contribution is 2.29. The first-order valence-corrected chi connectivity index (χ1v) is 12.0. The quantitative estimate of drug-likeness (QED) is 0.288. The Morgan fingerprint density at radius 2 is 1.61 bits per heavy atom. The number of nitrogens with one attached hydrogen (secondary N) is 2. The van der Waals surface area contributed by atoms with E-state index in [1.54, 1.807) is 12.1 Å². The molecule has 0 aliphatic rings. The summed E-state index contributed by atoms with van der Waals surface area (Å²) >= 11 is 0. The Morgan fingerprint density at radius 1 is 0.917 bits per heavy atom. The minimum Gasteiger partial charge on any atom is -0.352 e. The zero-order valence-corrected chi connectivity index (χ0v) is 20.5. The molecule has 0 unspecified atom stereocenters. The van der Waals surface area contributed by atoms with Gasteiger partial charge in [0.1, 0.15) is 5.82 Å². The van der Waals surface area contributed by atoms with Crippen molar-refractivity contribution in [1.82, 2.24) is 4.98 Å². The van der Waals surface area contributed by atoms with Gasteiger partial charge in [-0.2, -0.15) is 5.26 Å². The molecule has 6 nitrogen and oxygen atoms in total. The van der Waals surface area contributed by atoms with Crippen molar-refractivity contribution in [3.05, 3.63) is 108 Å². The fourth-order valence-electron chi connectivity index (χ4n) is 3.97. The molecular weight excluding hydrogens is 446 g/mol. The number of rotatable bonds is 8. The summed E-state index contributed by atoms with van der Waals surface area (Å²) in [7, 11) is 0. The van der Waals surface area contributed by atoms with Crippen LogP contribution in [0.2, 0.25) is 0 Å². The molecule has 1 aromatic heterocycles. The molecular formula is C30H29N5O. The lowest BCUT2D eigenvalue weighted by atomic mass is 10.0. The zero-order valence-electron chi connectivity index (χ0n) is 20.5. The summed E-state index contributed by atoms with van der Waals surface area (Å²) in [6, 6.07) is 30.8. The second-order valence-corrected chi connectivity index (χ2v) is 8.61. The predicted octanol–water partition coefficient (Wildman–Crippen LogP) is 6.99. The maximum Gasteiger partial charge on any atom is 0.323 e. The number of nitriles is 1. The molecule has 1 heterocycles. The van der Waals surface area contributed by atoms with E-state index in [4.69, 9.17) is 4.98 Å². The van der Waals surface area contributed by atoms with Crippen LogP contribution in [0.5, 0.6) is 0 Å². The SMILES string of the molecule is CCCN(Cc1ccccc1)c1cc(NC(=O)Nc2ccc(C)cc2)cc(-c2ccccc2C#N)n1. The van der Waals surface area contributed by atoms with E-state index in [1.165, 1.54) is 5.56 Å². The van der Waals surface area contributed by atoms with Gasteiger partial charge in [-0.05, 0) is 43.2 Å². The third-order valence-corrected chi connectivity index (χ3v) is 5.74. The van der Waals surface area contributed by atoms with E-state index in [-0.39, 0.29) is 6.03 Å². The maximum absolute atomic E-state index is 12.8. The molecule has 0 aliphatic heterocycles. The molecule has 0 fully saturated rings. The van der Waals surface area contributed by atoms with Gasteiger partial charge in [-0.25, -0.2) is 9.78 Å². The van der Waals surface area contributed by atoms with Gasteiger partial charge in [-0.3, -0.25) is 0 Å².